The minimum Gasteiger partial charge on any atom is -0.336 e. The molecule has 0 aliphatic carbocycles. The Bertz CT molecular complexity index is 514. The number of nitrogens with zero attached hydrogens (tertiary/aromatic N) is 3. The second-order valence-electron chi connectivity index (χ2n) is 5.70. The van der Waals surface area contributed by atoms with Crippen molar-refractivity contribution in [3.63, 3.8) is 0 Å². The molecule has 2 atom stereocenters. The molecule has 6 heteroatoms. The SMILES string of the molecule is CN(C)CC(=O)N1CC[C@H]2[C@H]1CC(=O)N2c1ccsc1. The molecule has 0 bridgehead atoms. The van der Waals surface area contributed by atoms with E-state index in [2.05, 4.69) is 0 Å². The summed E-state index contributed by atoms with van der Waals surface area (Å²) in [5.74, 6) is 0.267. The molecule has 2 aliphatic rings. The Morgan fingerprint density at radius 1 is 1.45 bits per heavy atom. The first kappa shape index (κ1) is 13.6. The fourth-order valence-corrected chi connectivity index (χ4v) is 3.88. The molecule has 0 radical (unpaired) electrons. The smallest absolute Gasteiger partial charge is 0.237 e. The molecule has 0 aromatic carbocycles. The van der Waals surface area contributed by atoms with Crippen molar-refractivity contribution < 1.29 is 9.59 Å². The number of rotatable bonds is 3. The Labute approximate surface area is 122 Å². The lowest BCUT2D eigenvalue weighted by Crippen LogP contribution is -2.43. The van der Waals surface area contributed by atoms with Crippen LogP contribution in [0.4, 0.5) is 5.69 Å². The van der Waals surface area contributed by atoms with Gasteiger partial charge in [0.05, 0.1) is 24.3 Å². The van der Waals surface area contributed by atoms with Crippen LogP contribution in [-0.4, -0.2) is 60.9 Å². The van der Waals surface area contributed by atoms with Gasteiger partial charge >= 0.3 is 0 Å². The van der Waals surface area contributed by atoms with E-state index >= 15 is 0 Å². The van der Waals surface area contributed by atoms with E-state index in [-0.39, 0.29) is 23.9 Å². The zero-order valence-corrected chi connectivity index (χ0v) is 12.6. The lowest BCUT2D eigenvalue weighted by molar-refractivity contribution is -0.132. The maximum Gasteiger partial charge on any atom is 0.237 e. The molecule has 1 aromatic heterocycles. The van der Waals surface area contributed by atoms with E-state index in [9.17, 15) is 9.59 Å². The van der Waals surface area contributed by atoms with Crippen molar-refractivity contribution in [3.8, 4) is 0 Å². The number of anilines is 1. The number of carbonyl (C=O) groups is 2. The molecule has 2 saturated heterocycles. The van der Waals surface area contributed by atoms with Crippen LogP contribution in [0, 0.1) is 0 Å². The van der Waals surface area contributed by atoms with Crippen molar-refractivity contribution >= 4 is 28.8 Å². The van der Waals surface area contributed by atoms with Gasteiger partial charge in [-0.25, -0.2) is 0 Å². The number of likely N-dealkylation sites (N-methyl/N-ethyl adjacent to an activating group) is 1. The maximum absolute atomic E-state index is 12.3. The Balaban J connectivity index is 1.77. The van der Waals surface area contributed by atoms with Gasteiger partial charge in [0.25, 0.3) is 0 Å². The summed E-state index contributed by atoms with van der Waals surface area (Å²) in [5, 5.41) is 3.99. The average Bonchev–Trinajstić information content (AvgIpc) is 3.03. The molecule has 2 amide bonds. The molecule has 2 fully saturated rings. The first-order chi connectivity index (χ1) is 9.58. The maximum atomic E-state index is 12.3. The average molecular weight is 293 g/mol. The van der Waals surface area contributed by atoms with E-state index in [4.69, 9.17) is 0 Å². The van der Waals surface area contributed by atoms with E-state index < -0.39 is 0 Å². The van der Waals surface area contributed by atoms with Crippen molar-refractivity contribution in [2.45, 2.75) is 24.9 Å². The predicted molar refractivity (Wildman–Crippen MR) is 78.9 cm³/mol. The molecule has 0 N–H and O–H groups in total. The second-order valence-corrected chi connectivity index (χ2v) is 6.48. The van der Waals surface area contributed by atoms with Crippen molar-refractivity contribution in [1.29, 1.82) is 0 Å². The summed E-state index contributed by atoms with van der Waals surface area (Å²) in [4.78, 5) is 30.2. The lowest BCUT2D eigenvalue weighted by Gasteiger charge is -2.25. The zero-order chi connectivity index (χ0) is 14.3. The molecule has 108 valence electrons. The van der Waals surface area contributed by atoms with Gasteiger partial charge in [0.1, 0.15) is 0 Å². The van der Waals surface area contributed by atoms with E-state index in [0.717, 1.165) is 18.7 Å². The van der Waals surface area contributed by atoms with Crippen LogP contribution in [0.1, 0.15) is 12.8 Å². The quantitative estimate of drug-likeness (QED) is 0.835. The molecule has 2 aliphatic heterocycles. The van der Waals surface area contributed by atoms with Gasteiger partial charge in [-0.05, 0) is 32.0 Å². The summed E-state index contributed by atoms with van der Waals surface area (Å²) in [5.41, 5.74) is 0.981. The van der Waals surface area contributed by atoms with Gasteiger partial charge in [-0.1, -0.05) is 0 Å². The minimum atomic E-state index is 0.0508. The van der Waals surface area contributed by atoms with Crippen LogP contribution in [0.3, 0.4) is 0 Å². The molecular formula is C14H19N3O2S. The molecule has 20 heavy (non-hydrogen) atoms. The van der Waals surface area contributed by atoms with E-state index in [0.29, 0.717) is 13.0 Å². The Morgan fingerprint density at radius 3 is 2.90 bits per heavy atom. The summed E-state index contributed by atoms with van der Waals surface area (Å²) in [6.07, 6.45) is 1.34. The molecular weight excluding hydrogens is 274 g/mol. The summed E-state index contributed by atoms with van der Waals surface area (Å²) < 4.78 is 0. The van der Waals surface area contributed by atoms with Crippen molar-refractivity contribution in [1.82, 2.24) is 9.80 Å². The summed E-state index contributed by atoms with van der Waals surface area (Å²) in [6, 6.07) is 2.19. The van der Waals surface area contributed by atoms with Gasteiger partial charge in [-0.15, -0.1) is 0 Å². The van der Waals surface area contributed by atoms with E-state index in [1.165, 1.54) is 0 Å². The summed E-state index contributed by atoms with van der Waals surface area (Å²) in [7, 11) is 3.78. The first-order valence-electron chi connectivity index (χ1n) is 6.86. The topological polar surface area (TPSA) is 43.9 Å². The number of hydrogen-bond acceptors (Lipinski definition) is 4. The Kier molecular flexibility index (Phi) is 3.52. The first-order valence-corrected chi connectivity index (χ1v) is 7.80. The highest BCUT2D eigenvalue weighted by atomic mass is 32.1. The summed E-state index contributed by atoms with van der Waals surface area (Å²) >= 11 is 1.60. The normalized spacial score (nSPS) is 25.6. The third kappa shape index (κ3) is 2.23. The molecule has 3 rings (SSSR count). The Morgan fingerprint density at radius 2 is 2.25 bits per heavy atom. The molecule has 5 nitrogen and oxygen atoms in total. The molecule has 0 unspecified atom stereocenters. The summed E-state index contributed by atoms with van der Waals surface area (Å²) in [6.45, 7) is 1.17. The van der Waals surface area contributed by atoms with Gasteiger partial charge in [0.15, 0.2) is 0 Å². The standard InChI is InChI=1S/C14H19N3O2S/c1-15(2)8-14(19)16-5-3-11-12(16)7-13(18)17(11)10-4-6-20-9-10/h4,6,9,11-12H,3,5,7-8H2,1-2H3/t11-,12+/m0/s1. The molecule has 1 aromatic rings. The lowest BCUT2D eigenvalue weighted by atomic mass is 10.1. The third-order valence-electron chi connectivity index (χ3n) is 4.05. The van der Waals surface area contributed by atoms with Crippen LogP contribution < -0.4 is 4.90 Å². The van der Waals surface area contributed by atoms with Crippen molar-refractivity contribution in [2.24, 2.45) is 0 Å². The van der Waals surface area contributed by atoms with Crippen LogP contribution in [0.5, 0.6) is 0 Å². The number of fused-ring (bicyclic) bond motifs is 1. The van der Waals surface area contributed by atoms with E-state index in [1.807, 2.05) is 45.6 Å². The van der Waals surface area contributed by atoms with Crippen LogP contribution in [0.2, 0.25) is 0 Å². The largest absolute Gasteiger partial charge is 0.336 e. The number of carbonyl (C=O) groups excluding carboxylic acids is 2. The van der Waals surface area contributed by atoms with Gasteiger partial charge in [-0.3, -0.25) is 9.59 Å². The number of hydrogen-bond donors (Lipinski definition) is 0. The second kappa shape index (κ2) is 5.18. The number of amides is 2. The molecule has 0 saturated carbocycles. The van der Waals surface area contributed by atoms with Crippen molar-refractivity contribution in [2.75, 3.05) is 32.1 Å². The van der Waals surface area contributed by atoms with Crippen molar-refractivity contribution in [3.05, 3.63) is 16.8 Å². The van der Waals surface area contributed by atoms with Crippen LogP contribution in [0.25, 0.3) is 0 Å². The number of likely N-dealkylation sites (tertiary alicyclic amines) is 1. The minimum absolute atomic E-state index is 0.0508. The van der Waals surface area contributed by atoms with E-state index in [1.54, 1.807) is 11.3 Å². The molecule has 0 spiro atoms. The fraction of sp³-hybridized carbons (Fsp3) is 0.571. The molecule has 3 heterocycles. The monoisotopic (exact) mass is 293 g/mol. The van der Waals surface area contributed by atoms with Crippen LogP contribution >= 0.6 is 11.3 Å². The highest BCUT2D eigenvalue weighted by Crippen LogP contribution is 2.36. The zero-order valence-electron chi connectivity index (χ0n) is 11.8. The number of thiophene rings is 1. The van der Waals surface area contributed by atoms with Crippen LogP contribution in [-0.2, 0) is 9.59 Å². The highest BCUT2D eigenvalue weighted by Gasteiger charge is 2.48. The third-order valence-corrected chi connectivity index (χ3v) is 4.72. The van der Waals surface area contributed by atoms with Gasteiger partial charge in [-0.2, -0.15) is 11.3 Å². The van der Waals surface area contributed by atoms with Gasteiger partial charge in [0.2, 0.25) is 11.8 Å². The van der Waals surface area contributed by atoms with Gasteiger partial charge in [0, 0.05) is 18.3 Å². The van der Waals surface area contributed by atoms with Gasteiger partial charge < -0.3 is 14.7 Å². The highest BCUT2D eigenvalue weighted by molar-refractivity contribution is 7.08. The Hall–Kier alpha value is -1.40. The van der Waals surface area contributed by atoms with Crippen LogP contribution in [0.15, 0.2) is 16.8 Å². The predicted octanol–water partition coefficient (Wildman–Crippen LogP) is 1.02. The fourth-order valence-electron chi connectivity index (χ4n) is 3.25.